The van der Waals surface area contributed by atoms with Crippen molar-refractivity contribution in [3.8, 4) is 0 Å². The number of hydrogen-bond donors (Lipinski definition) is 0. The summed E-state index contributed by atoms with van der Waals surface area (Å²) in [4.78, 5) is 27.9. The first-order valence-electron chi connectivity index (χ1n) is 9.64. The molecule has 3 aromatic rings. The highest BCUT2D eigenvalue weighted by Gasteiger charge is 2.50. The lowest BCUT2D eigenvalue weighted by molar-refractivity contribution is -0.122. The Labute approximate surface area is 158 Å². The highest BCUT2D eigenvalue weighted by Crippen LogP contribution is 2.46. The number of hydrogen-bond acceptors (Lipinski definition) is 2. The summed E-state index contributed by atoms with van der Waals surface area (Å²) in [6.07, 6.45) is 2.52. The van der Waals surface area contributed by atoms with E-state index in [-0.39, 0.29) is 23.7 Å². The van der Waals surface area contributed by atoms with Gasteiger partial charge in [0.15, 0.2) is 0 Å². The van der Waals surface area contributed by atoms with Gasteiger partial charge in [0.05, 0.1) is 17.5 Å². The van der Waals surface area contributed by atoms with Crippen LogP contribution in [0.5, 0.6) is 0 Å². The van der Waals surface area contributed by atoms with Gasteiger partial charge < -0.3 is 0 Å². The molecule has 1 aliphatic carbocycles. The summed E-state index contributed by atoms with van der Waals surface area (Å²) < 4.78 is 0. The largest absolute Gasteiger partial charge is 0.274 e. The number of anilines is 1. The van der Waals surface area contributed by atoms with E-state index in [4.69, 9.17) is 0 Å². The van der Waals surface area contributed by atoms with Crippen LogP contribution < -0.4 is 4.90 Å². The smallest absolute Gasteiger partial charge is 0.237 e. The third kappa shape index (κ3) is 2.57. The molecule has 1 aliphatic heterocycles. The molecule has 3 aromatic carbocycles. The maximum atomic E-state index is 13.3. The summed E-state index contributed by atoms with van der Waals surface area (Å²) in [5.74, 6) is -0.0571. The first-order chi connectivity index (χ1) is 13.2. The normalized spacial score (nSPS) is 25.0. The predicted molar refractivity (Wildman–Crippen MR) is 106 cm³/mol. The minimum atomic E-state index is -0.199. The molecule has 3 atom stereocenters. The number of imide groups is 1. The molecule has 0 N–H and O–H groups in total. The second-order valence-electron chi connectivity index (χ2n) is 7.64. The Morgan fingerprint density at radius 1 is 0.704 bits per heavy atom. The third-order valence-corrected chi connectivity index (χ3v) is 6.20. The summed E-state index contributed by atoms with van der Waals surface area (Å²) >= 11 is 0. The molecule has 134 valence electrons. The molecule has 1 saturated carbocycles. The Morgan fingerprint density at radius 3 is 2.26 bits per heavy atom. The van der Waals surface area contributed by atoms with Gasteiger partial charge in [0.25, 0.3) is 0 Å². The summed E-state index contributed by atoms with van der Waals surface area (Å²) in [6.45, 7) is 0. The number of amides is 2. The van der Waals surface area contributed by atoms with E-state index in [0.29, 0.717) is 5.92 Å². The van der Waals surface area contributed by atoms with Crippen LogP contribution in [0.1, 0.15) is 30.7 Å². The van der Waals surface area contributed by atoms with Crippen molar-refractivity contribution in [2.45, 2.75) is 25.2 Å². The zero-order chi connectivity index (χ0) is 18.4. The average molecular weight is 355 g/mol. The molecule has 1 saturated heterocycles. The predicted octanol–water partition coefficient (Wildman–Crippen LogP) is 4.91. The number of carbonyl (C=O) groups is 2. The van der Waals surface area contributed by atoms with E-state index >= 15 is 0 Å². The van der Waals surface area contributed by atoms with Crippen LogP contribution >= 0.6 is 0 Å². The molecule has 5 rings (SSSR count). The number of carbonyl (C=O) groups excluding carboxylic acids is 2. The number of rotatable bonds is 2. The van der Waals surface area contributed by atoms with Crippen molar-refractivity contribution in [1.82, 2.24) is 0 Å². The van der Waals surface area contributed by atoms with Gasteiger partial charge in [-0.25, -0.2) is 4.90 Å². The molecule has 3 heteroatoms. The second-order valence-corrected chi connectivity index (χ2v) is 7.64. The molecular formula is C24H21NO2. The van der Waals surface area contributed by atoms with Gasteiger partial charge in [-0.2, -0.15) is 0 Å². The van der Waals surface area contributed by atoms with E-state index in [2.05, 4.69) is 12.1 Å². The minimum absolute atomic E-state index is 0.0205. The third-order valence-electron chi connectivity index (χ3n) is 6.20. The van der Waals surface area contributed by atoms with Crippen molar-refractivity contribution in [2.24, 2.45) is 11.8 Å². The van der Waals surface area contributed by atoms with E-state index in [1.165, 1.54) is 10.5 Å². The quantitative estimate of drug-likeness (QED) is 0.612. The van der Waals surface area contributed by atoms with Gasteiger partial charge in [0.1, 0.15) is 0 Å². The fourth-order valence-corrected chi connectivity index (χ4v) is 4.85. The monoisotopic (exact) mass is 355 g/mol. The van der Waals surface area contributed by atoms with Gasteiger partial charge in [-0.3, -0.25) is 9.59 Å². The van der Waals surface area contributed by atoms with Crippen LogP contribution in [0, 0.1) is 11.8 Å². The molecule has 0 unspecified atom stereocenters. The van der Waals surface area contributed by atoms with Gasteiger partial charge in [-0.15, -0.1) is 0 Å². The lowest BCUT2D eigenvalue weighted by atomic mass is 9.73. The van der Waals surface area contributed by atoms with E-state index < -0.39 is 0 Å². The maximum Gasteiger partial charge on any atom is 0.237 e. The summed E-state index contributed by atoms with van der Waals surface area (Å²) in [5, 5.41) is 2.01. The van der Waals surface area contributed by atoms with Crippen molar-refractivity contribution in [3.05, 3.63) is 78.4 Å². The van der Waals surface area contributed by atoms with Crippen molar-refractivity contribution in [3.63, 3.8) is 0 Å². The van der Waals surface area contributed by atoms with Gasteiger partial charge in [-0.1, -0.05) is 66.7 Å². The average Bonchev–Trinajstić information content (AvgIpc) is 2.98. The van der Waals surface area contributed by atoms with Crippen molar-refractivity contribution < 1.29 is 9.59 Å². The lowest BCUT2D eigenvalue weighted by Gasteiger charge is -2.28. The number of benzene rings is 3. The van der Waals surface area contributed by atoms with Gasteiger partial charge in [0, 0.05) is 5.39 Å². The first kappa shape index (κ1) is 16.2. The Kier molecular flexibility index (Phi) is 3.82. The van der Waals surface area contributed by atoms with Crippen molar-refractivity contribution in [1.29, 1.82) is 0 Å². The van der Waals surface area contributed by atoms with Gasteiger partial charge >= 0.3 is 0 Å². The fourth-order valence-electron chi connectivity index (χ4n) is 4.85. The van der Waals surface area contributed by atoms with E-state index in [1.54, 1.807) is 0 Å². The zero-order valence-corrected chi connectivity index (χ0v) is 15.0. The molecule has 3 nitrogen and oxygen atoms in total. The van der Waals surface area contributed by atoms with Gasteiger partial charge in [0.2, 0.25) is 11.8 Å². The van der Waals surface area contributed by atoms with Gasteiger partial charge in [-0.05, 0) is 42.2 Å². The molecule has 2 fully saturated rings. The van der Waals surface area contributed by atoms with E-state index in [9.17, 15) is 9.59 Å². The highest BCUT2D eigenvalue weighted by atomic mass is 16.2. The van der Waals surface area contributed by atoms with E-state index in [0.717, 1.165) is 35.7 Å². The number of nitrogens with zero attached hydrogens (tertiary/aromatic N) is 1. The molecule has 2 aliphatic rings. The van der Waals surface area contributed by atoms with Crippen LogP contribution in [0.25, 0.3) is 10.8 Å². The van der Waals surface area contributed by atoms with Crippen LogP contribution in [-0.2, 0) is 9.59 Å². The fraction of sp³-hybridized carbons (Fsp3) is 0.250. The molecule has 0 spiro atoms. The topological polar surface area (TPSA) is 37.4 Å². The standard InChI is InChI=1S/C24H21NO2/c26-23-20-14-13-18(16-7-2-1-3-8-16)15-21(20)24(27)25(23)22-12-6-10-17-9-4-5-11-19(17)22/h1-12,18,20-21H,13-15H2/t18-,20+,21+/m0/s1. The molecule has 0 bridgehead atoms. The molecular weight excluding hydrogens is 334 g/mol. The van der Waals surface area contributed by atoms with Crippen LogP contribution in [0.2, 0.25) is 0 Å². The van der Waals surface area contributed by atoms with Crippen LogP contribution in [0.15, 0.2) is 72.8 Å². The molecule has 2 amide bonds. The zero-order valence-electron chi connectivity index (χ0n) is 15.0. The first-order valence-corrected chi connectivity index (χ1v) is 9.64. The Bertz CT molecular complexity index is 1020. The van der Waals surface area contributed by atoms with Crippen LogP contribution in [0.4, 0.5) is 5.69 Å². The molecule has 27 heavy (non-hydrogen) atoms. The Hall–Kier alpha value is -2.94. The van der Waals surface area contributed by atoms with Crippen molar-refractivity contribution in [2.75, 3.05) is 4.90 Å². The highest BCUT2D eigenvalue weighted by molar-refractivity contribution is 6.25. The summed E-state index contributed by atoms with van der Waals surface area (Å²) in [5.41, 5.74) is 2.01. The second kappa shape index (κ2) is 6.34. The molecule has 0 aromatic heterocycles. The molecule has 0 radical (unpaired) electrons. The summed E-state index contributed by atoms with van der Waals surface area (Å²) in [6, 6.07) is 24.1. The van der Waals surface area contributed by atoms with E-state index in [1.807, 2.05) is 60.7 Å². The Balaban J connectivity index is 1.50. The SMILES string of the molecule is O=C1[C@@H]2CC[C@H](c3ccccc3)C[C@H]2C(=O)N1c1cccc2ccccc12. The minimum Gasteiger partial charge on any atom is -0.274 e. The molecule has 1 heterocycles. The summed E-state index contributed by atoms with van der Waals surface area (Å²) in [7, 11) is 0. The number of fused-ring (bicyclic) bond motifs is 2. The lowest BCUT2D eigenvalue weighted by Crippen LogP contribution is -2.31. The Morgan fingerprint density at radius 2 is 1.41 bits per heavy atom. The van der Waals surface area contributed by atoms with Crippen molar-refractivity contribution >= 4 is 28.3 Å². The van der Waals surface area contributed by atoms with Crippen LogP contribution in [0.3, 0.4) is 0 Å². The van der Waals surface area contributed by atoms with Crippen LogP contribution in [-0.4, -0.2) is 11.8 Å². The maximum absolute atomic E-state index is 13.3.